The molecule has 0 radical (unpaired) electrons. The molecule has 1 rings (SSSR count). The molecule has 0 atom stereocenters. The average molecular weight is 216 g/mol. The van der Waals surface area contributed by atoms with Crippen molar-refractivity contribution in [2.45, 2.75) is 26.2 Å². The summed E-state index contributed by atoms with van der Waals surface area (Å²) in [6.45, 7) is 1.90. The molecule has 0 unspecified atom stereocenters. The van der Waals surface area contributed by atoms with Crippen LogP contribution in [0.25, 0.3) is 0 Å². The Kier molecular flexibility index (Phi) is 3.88. The number of hydrogen-bond acceptors (Lipinski definition) is 1. The largest absolute Gasteiger partial charge is 0.294 e. The van der Waals surface area contributed by atoms with Gasteiger partial charge < -0.3 is 0 Å². The van der Waals surface area contributed by atoms with Crippen molar-refractivity contribution in [2.24, 2.45) is 0 Å². The summed E-state index contributed by atoms with van der Waals surface area (Å²) in [7, 11) is 0. The molecule has 82 valence electrons. The minimum Gasteiger partial charge on any atom is -0.294 e. The fourth-order valence-corrected chi connectivity index (χ4v) is 1.20. The van der Waals surface area contributed by atoms with E-state index >= 15 is 0 Å². The fraction of sp³-hybridized carbons (Fsp3) is 0.364. The van der Waals surface area contributed by atoms with Crippen molar-refractivity contribution in [3.8, 4) is 0 Å². The summed E-state index contributed by atoms with van der Waals surface area (Å²) in [5, 5.41) is 0. The molecule has 0 saturated heterocycles. The van der Waals surface area contributed by atoms with Crippen LogP contribution in [0.2, 0.25) is 0 Å². The number of rotatable bonds is 4. The van der Waals surface area contributed by atoms with Gasteiger partial charge in [0.25, 0.3) is 0 Å². The van der Waals surface area contributed by atoms with Crippen LogP contribution in [-0.2, 0) is 0 Å². The van der Waals surface area contributed by atoms with Gasteiger partial charge in [-0.2, -0.15) is 0 Å². The molecule has 0 saturated carbocycles. The summed E-state index contributed by atoms with van der Waals surface area (Å²) in [5.74, 6) is -4.55. The van der Waals surface area contributed by atoms with Crippen LogP contribution < -0.4 is 0 Å². The van der Waals surface area contributed by atoms with Gasteiger partial charge in [0.15, 0.2) is 23.2 Å². The van der Waals surface area contributed by atoms with Gasteiger partial charge >= 0.3 is 0 Å². The molecule has 1 aromatic carbocycles. The number of unbranched alkanes of at least 4 members (excludes halogenated alkanes) is 1. The molecule has 15 heavy (non-hydrogen) atoms. The first-order valence-electron chi connectivity index (χ1n) is 4.74. The Balaban J connectivity index is 2.91. The monoisotopic (exact) mass is 216 g/mol. The van der Waals surface area contributed by atoms with Crippen LogP contribution in [0.1, 0.15) is 36.5 Å². The first-order chi connectivity index (χ1) is 7.06. The van der Waals surface area contributed by atoms with Gasteiger partial charge in [-0.25, -0.2) is 13.2 Å². The van der Waals surface area contributed by atoms with E-state index in [0.717, 1.165) is 18.6 Å². The number of ketones is 1. The Morgan fingerprint density at radius 3 is 2.20 bits per heavy atom. The van der Waals surface area contributed by atoms with Crippen molar-refractivity contribution in [1.29, 1.82) is 0 Å². The van der Waals surface area contributed by atoms with E-state index in [4.69, 9.17) is 0 Å². The molecule has 0 aliphatic rings. The van der Waals surface area contributed by atoms with E-state index in [1.165, 1.54) is 0 Å². The lowest BCUT2D eigenvalue weighted by Gasteiger charge is -2.01. The summed E-state index contributed by atoms with van der Waals surface area (Å²) in [6, 6.07) is 1.47. The first-order valence-corrected chi connectivity index (χ1v) is 4.74. The molecule has 4 heteroatoms. The lowest BCUT2D eigenvalue weighted by molar-refractivity contribution is 0.0978. The van der Waals surface area contributed by atoms with Gasteiger partial charge in [-0.3, -0.25) is 4.79 Å². The van der Waals surface area contributed by atoms with Gasteiger partial charge in [0.05, 0.1) is 0 Å². The number of benzene rings is 1. The van der Waals surface area contributed by atoms with Gasteiger partial charge in [0.1, 0.15) is 0 Å². The Morgan fingerprint density at radius 2 is 1.73 bits per heavy atom. The van der Waals surface area contributed by atoms with E-state index in [1.807, 2.05) is 6.92 Å². The predicted molar refractivity (Wildman–Crippen MR) is 50.2 cm³/mol. The van der Waals surface area contributed by atoms with Crippen LogP contribution in [-0.4, -0.2) is 5.78 Å². The second-order valence-corrected chi connectivity index (χ2v) is 3.28. The fourth-order valence-electron chi connectivity index (χ4n) is 1.20. The van der Waals surface area contributed by atoms with E-state index in [1.54, 1.807) is 0 Å². The summed E-state index contributed by atoms with van der Waals surface area (Å²) in [6.07, 6.45) is 1.69. The zero-order valence-corrected chi connectivity index (χ0v) is 8.32. The van der Waals surface area contributed by atoms with Crippen LogP contribution >= 0.6 is 0 Å². The standard InChI is InChI=1S/C11H11F3O/c1-2-3-4-10(15)7-5-8(12)11(14)9(13)6-7/h5-6H,2-4H2,1H3. The summed E-state index contributed by atoms with van der Waals surface area (Å²) < 4.78 is 38.1. The van der Waals surface area contributed by atoms with Gasteiger partial charge in [0, 0.05) is 12.0 Å². The molecule has 0 aliphatic carbocycles. The molecular weight excluding hydrogens is 205 g/mol. The lowest BCUT2D eigenvalue weighted by atomic mass is 10.1. The number of carbonyl (C=O) groups excluding carboxylic acids is 1. The zero-order chi connectivity index (χ0) is 11.4. The maximum atomic E-state index is 12.8. The second-order valence-electron chi connectivity index (χ2n) is 3.28. The average Bonchev–Trinajstić information content (AvgIpc) is 2.21. The molecule has 0 N–H and O–H groups in total. The molecule has 0 bridgehead atoms. The van der Waals surface area contributed by atoms with Crippen molar-refractivity contribution >= 4 is 5.78 Å². The topological polar surface area (TPSA) is 17.1 Å². The zero-order valence-electron chi connectivity index (χ0n) is 8.32. The van der Waals surface area contributed by atoms with E-state index < -0.39 is 17.5 Å². The predicted octanol–water partition coefficient (Wildman–Crippen LogP) is 3.48. The number of halogens is 3. The molecule has 0 aliphatic heterocycles. The van der Waals surface area contributed by atoms with Crippen molar-refractivity contribution < 1.29 is 18.0 Å². The van der Waals surface area contributed by atoms with E-state index in [9.17, 15) is 18.0 Å². The van der Waals surface area contributed by atoms with Crippen LogP contribution in [0.15, 0.2) is 12.1 Å². The Bertz CT molecular complexity index is 351. The molecule has 0 aromatic heterocycles. The maximum Gasteiger partial charge on any atom is 0.194 e. The van der Waals surface area contributed by atoms with Crippen LogP contribution in [0.4, 0.5) is 13.2 Å². The van der Waals surface area contributed by atoms with Crippen LogP contribution in [0.3, 0.4) is 0 Å². The molecule has 1 aromatic rings. The third-order valence-electron chi connectivity index (χ3n) is 2.06. The van der Waals surface area contributed by atoms with Crippen LogP contribution in [0.5, 0.6) is 0 Å². The van der Waals surface area contributed by atoms with Gasteiger partial charge in [-0.1, -0.05) is 13.3 Å². The van der Waals surface area contributed by atoms with Gasteiger partial charge in [-0.15, -0.1) is 0 Å². The summed E-state index contributed by atoms with van der Waals surface area (Å²) in [4.78, 5) is 11.4. The van der Waals surface area contributed by atoms with E-state index in [2.05, 4.69) is 0 Å². The number of hydrogen-bond donors (Lipinski definition) is 0. The first kappa shape index (κ1) is 11.8. The number of carbonyl (C=O) groups is 1. The Labute approximate surface area is 85.9 Å². The highest BCUT2D eigenvalue weighted by atomic mass is 19.2. The van der Waals surface area contributed by atoms with Crippen molar-refractivity contribution in [3.05, 3.63) is 35.1 Å². The van der Waals surface area contributed by atoms with Crippen molar-refractivity contribution in [3.63, 3.8) is 0 Å². The normalized spacial score (nSPS) is 10.4. The third kappa shape index (κ3) is 2.81. The lowest BCUT2D eigenvalue weighted by Crippen LogP contribution is -2.02. The van der Waals surface area contributed by atoms with E-state index in [-0.39, 0.29) is 17.8 Å². The highest BCUT2D eigenvalue weighted by Crippen LogP contribution is 2.15. The van der Waals surface area contributed by atoms with Gasteiger partial charge in [0.2, 0.25) is 0 Å². The Hall–Kier alpha value is -1.32. The molecular formula is C11H11F3O. The smallest absolute Gasteiger partial charge is 0.194 e. The van der Waals surface area contributed by atoms with Gasteiger partial charge in [-0.05, 0) is 18.6 Å². The molecule has 1 nitrogen and oxygen atoms in total. The maximum absolute atomic E-state index is 12.8. The van der Waals surface area contributed by atoms with E-state index in [0.29, 0.717) is 6.42 Å². The minimum atomic E-state index is -1.54. The summed E-state index contributed by atoms with van der Waals surface area (Å²) >= 11 is 0. The number of Topliss-reactive ketones (excluding diaryl/α,β-unsaturated/α-hetero) is 1. The van der Waals surface area contributed by atoms with Crippen LogP contribution in [0, 0.1) is 17.5 Å². The quantitative estimate of drug-likeness (QED) is 0.556. The van der Waals surface area contributed by atoms with Crippen molar-refractivity contribution in [2.75, 3.05) is 0 Å². The second kappa shape index (κ2) is 4.96. The SMILES string of the molecule is CCCCC(=O)c1cc(F)c(F)c(F)c1. The highest BCUT2D eigenvalue weighted by Gasteiger charge is 2.14. The molecule has 0 spiro atoms. The molecule has 0 heterocycles. The Morgan fingerprint density at radius 1 is 1.20 bits per heavy atom. The molecule has 0 fully saturated rings. The summed E-state index contributed by atoms with van der Waals surface area (Å²) in [5.41, 5.74) is -0.111. The molecule has 0 amide bonds. The van der Waals surface area contributed by atoms with Crippen molar-refractivity contribution in [1.82, 2.24) is 0 Å². The third-order valence-corrected chi connectivity index (χ3v) is 2.06. The minimum absolute atomic E-state index is 0.111. The highest BCUT2D eigenvalue weighted by molar-refractivity contribution is 5.96.